The number of benzene rings is 2. The van der Waals surface area contributed by atoms with Crippen LogP contribution in [0.3, 0.4) is 0 Å². The van der Waals surface area contributed by atoms with E-state index in [0.29, 0.717) is 5.56 Å². The molecular formula is C18H15ClF3NO3. The number of nitrogens with one attached hydrogen (secondary N) is 1. The number of halogens is 4. The number of carbonyl (C=O) groups is 2. The van der Waals surface area contributed by atoms with Crippen molar-refractivity contribution < 1.29 is 27.9 Å². The minimum atomic E-state index is -4.46. The van der Waals surface area contributed by atoms with Crippen molar-refractivity contribution in [2.45, 2.75) is 19.5 Å². The first-order valence-electron chi connectivity index (χ1n) is 7.58. The van der Waals surface area contributed by atoms with E-state index in [1.54, 1.807) is 6.92 Å². The number of carboxylic acids is 1. The maximum absolute atomic E-state index is 12.8. The summed E-state index contributed by atoms with van der Waals surface area (Å²) in [6, 6.07) is 8.74. The van der Waals surface area contributed by atoms with Gasteiger partial charge >= 0.3 is 12.1 Å². The fourth-order valence-electron chi connectivity index (χ4n) is 2.38. The van der Waals surface area contributed by atoms with E-state index in [-0.39, 0.29) is 22.7 Å². The molecule has 0 spiro atoms. The van der Waals surface area contributed by atoms with Crippen LogP contribution in [0, 0.1) is 5.92 Å². The van der Waals surface area contributed by atoms with E-state index in [4.69, 9.17) is 16.7 Å². The quantitative estimate of drug-likeness (QED) is 0.771. The minimum absolute atomic E-state index is 0.0720. The van der Waals surface area contributed by atoms with Gasteiger partial charge in [-0.25, -0.2) is 4.79 Å². The highest BCUT2D eigenvalue weighted by molar-refractivity contribution is 6.31. The number of aromatic carboxylic acids is 1. The summed E-state index contributed by atoms with van der Waals surface area (Å²) in [6.45, 7) is 1.55. The van der Waals surface area contributed by atoms with Crippen molar-refractivity contribution in [3.63, 3.8) is 0 Å². The molecule has 0 saturated heterocycles. The van der Waals surface area contributed by atoms with Gasteiger partial charge < -0.3 is 10.4 Å². The highest BCUT2D eigenvalue weighted by Crippen LogP contribution is 2.30. The Balaban J connectivity index is 2.13. The first kappa shape index (κ1) is 19.8. The van der Waals surface area contributed by atoms with Crippen LogP contribution in [-0.2, 0) is 17.4 Å². The maximum Gasteiger partial charge on any atom is 0.416 e. The van der Waals surface area contributed by atoms with Crippen LogP contribution < -0.4 is 5.32 Å². The number of alkyl halides is 3. The second-order valence-corrected chi connectivity index (χ2v) is 6.22. The lowest BCUT2D eigenvalue weighted by Crippen LogP contribution is -2.23. The molecule has 0 fully saturated rings. The first-order valence-corrected chi connectivity index (χ1v) is 7.95. The van der Waals surface area contributed by atoms with Gasteiger partial charge in [-0.2, -0.15) is 13.2 Å². The van der Waals surface area contributed by atoms with E-state index < -0.39 is 29.5 Å². The zero-order valence-electron chi connectivity index (χ0n) is 13.6. The Morgan fingerprint density at radius 3 is 2.50 bits per heavy atom. The minimum Gasteiger partial charge on any atom is -0.478 e. The van der Waals surface area contributed by atoms with Crippen molar-refractivity contribution in [3.05, 3.63) is 64.2 Å². The van der Waals surface area contributed by atoms with Crippen LogP contribution in [0.15, 0.2) is 42.5 Å². The molecule has 4 nitrogen and oxygen atoms in total. The van der Waals surface area contributed by atoms with E-state index in [0.717, 1.165) is 12.1 Å². The molecule has 1 amide bonds. The highest BCUT2D eigenvalue weighted by atomic mass is 35.5. The monoisotopic (exact) mass is 385 g/mol. The van der Waals surface area contributed by atoms with E-state index >= 15 is 0 Å². The molecule has 2 aromatic carbocycles. The van der Waals surface area contributed by atoms with Gasteiger partial charge in [0.1, 0.15) is 0 Å². The van der Waals surface area contributed by atoms with Gasteiger partial charge in [-0.05, 0) is 36.2 Å². The van der Waals surface area contributed by atoms with Crippen molar-refractivity contribution in [3.8, 4) is 0 Å². The third-order valence-corrected chi connectivity index (χ3v) is 3.95. The number of anilines is 1. The second-order valence-electron chi connectivity index (χ2n) is 5.79. The number of hydrogen-bond acceptors (Lipinski definition) is 2. The molecule has 0 aliphatic carbocycles. The lowest BCUT2D eigenvalue weighted by Gasteiger charge is -2.15. The van der Waals surface area contributed by atoms with Crippen LogP contribution in [0.2, 0.25) is 5.02 Å². The third-order valence-electron chi connectivity index (χ3n) is 3.71. The standard InChI is InChI=1S/C18H15ClF3NO3/c1-10(7-11-3-2-4-12(8-11)18(20,21)22)16(24)23-15-6-5-13(19)9-14(15)17(25)26/h2-6,8-10H,7H2,1H3,(H,23,24)(H,25,26). The van der Waals surface area contributed by atoms with Gasteiger partial charge in [0.05, 0.1) is 16.8 Å². The molecule has 2 aromatic rings. The average Bonchev–Trinajstić information content (AvgIpc) is 2.55. The third kappa shape index (κ3) is 4.98. The van der Waals surface area contributed by atoms with Gasteiger partial charge in [-0.15, -0.1) is 0 Å². The van der Waals surface area contributed by atoms with Gasteiger partial charge in [-0.3, -0.25) is 4.79 Å². The molecule has 0 radical (unpaired) electrons. The van der Waals surface area contributed by atoms with Crippen molar-refractivity contribution in [1.82, 2.24) is 0 Å². The van der Waals surface area contributed by atoms with E-state index in [9.17, 15) is 22.8 Å². The molecular weight excluding hydrogens is 371 g/mol. The Hall–Kier alpha value is -2.54. The van der Waals surface area contributed by atoms with E-state index in [1.165, 1.54) is 30.3 Å². The first-order chi connectivity index (χ1) is 12.1. The van der Waals surface area contributed by atoms with Crippen LogP contribution in [0.1, 0.15) is 28.4 Å². The van der Waals surface area contributed by atoms with Crippen molar-refractivity contribution in [2.24, 2.45) is 5.92 Å². The lowest BCUT2D eigenvalue weighted by atomic mass is 9.98. The molecule has 0 saturated carbocycles. The molecule has 0 bridgehead atoms. The predicted octanol–water partition coefficient (Wildman–Crippen LogP) is 4.87. The van der Waals surface area contributed by atoms with E-state index in [1.807, 2.05) is 0 Å². The molecule has 2 rings (SSSR count). The highest BCUT2D eigenvalue weighted by Gasteiger charge is 2.30. The average molecular weight is 386 g/mol. The van der Waals surface area contributed by atoms with Gasteiger partial charge in [-0.1, -0.05) is 36.7 Å². The molecule has 0 heterocycles. The fourth-order valence-corrected chi connectivity index (χ4v) is 2.55. The van der Waals surface area contributed by atoms with Gasteiger partial charge in [0.25, 0.3) is 0 Å². The predicted molar refractivity (Wildman–Crippen MR) is 91.4 cm³/mol. The normalized spacial score (nSPS) is 12.5. The van der Waals surface area contributed by atoms with E-state index in [2.05, 4.69) is 5.32 Å². The van der Waals surface area contributed by atoms with Crippen LogP contribution in [0.4, 0.5) is 18.9 Å². The van der Waals surface area contributed by atoms with Crippen LogP contribution in [0.5, 0.6) is 0 Å². The topological polar surface area (TPSA) is 66.4 Å². The number of hydrogen-bond donors (Lipinski definition) is 2. The molecule has 138 valence electrons. The summed E-state index contributed by atoms with van der Waals surface area (Å²) in [5.74, 6) is -2.43. The zero-order valence-corrected chi connectivity index (χ0v) is 14.4. The summed E-state index contributed by atoms with van der Waals surface area (Å²) in [5, 5.41) is 11.9. The number of carboxylic acid groups (broad SMARTS) is 1. The Morgan fingerprint density at radius 1 is 1.19 bits per heavy atom. The Morgan fingerprint density at radius 2 is 1.88 bits per heavy atom. The summed E-state index contributed by atoms with van der Waals surface area (Å²) in [4.78, 5) is 23.5. The largest absolute Gasteiger partial charge is 0.478 e. The molecule has 26 heavy (non-hydrogen) atoms. The summed E-state index contributed by atoms with van der Waals surface area (Å²) in [5.41, 5.74) is -0.523. The Labute approximate surface area is 152 Å². The lowest BCUT2D eigenvalue weighted by molar-refractivity contribution is -0.137. The molecule has 1 atom stereocenters. The van der Waals surface area contributed by atoms with Crippen molar-refractivity contribution in [1.29, 1.82) is 0 Å². The van der Waals surface area contributed by atoms with Gasteiger partial charge in [0.2, 0.25) is 5.91 Å². The second kappa shape index (κ2) is 7.78. The summed E-state index contributed by atoms with van der Waals surface area (Å²) in [7, 11) is 0. The zero-order chi connectivity index (χ0) is 19.5. The summed E-state index contributed by atoms with van der Waals surface area (Å²) >= 11 is 5.75. The van der Waals surface area contributed by atoms with Crippen LogP contribution in [-0.4, -0.2) is 17.0 Å². The van der Waals surface area contributed by atoms with Crippen molar-refractivity contribution in [2.75, 3.05) is 5.32 Å². The summed E-state index contributed by atoms with van der Waals surface area (Å²) < 4.78 is 38.3. The molecule has 8 heteroatoms. The molecule has 0 aliphatic heterocycles. The number of carbonyl (C=O) groups excluding carboxylic acids is 1. The SMILES string of the molecule is CC(Cc1cccc(C(F)(F)F)c1)C(=O)Nc1ccc(Cl)cc1C(=O)O. The molecule has 0 aliphatic rings. The number of rotatable bonds is 5. The van der Waals surface area contributed by atoms with Gasteiger partial charge in [0.15, 0.2) is 0 Å². The maximum atomic E-state index is 12.8. The smallest absolute Gasteiger partial charge is 0.416 e. The summed E-state index contributed by atoms with van der Waals surface area (Å²) in [6.07, 6.45) is -4.38. The molecule has 0 aromatic heterocycles. The Kier molecular flexibility index (Phi) is 5.92. The van der Waals surface area contributed by atoms with Crippen molar-refractivity contribution >= 4 is 29.2 Å². The fraction of sp³-hybridized carbons (Fsp3) is 0.222. The van der Waals surface area contributed by atoms with Gasteiger partial charge in [0, 0.05) is 10.9 Å². The molecule has 2 N–H and O–H groups in total. The molecule has 1 unspecified atom stereocenters. The van der Waals surface area contributed by atoms with Crippen LogP contribution >= 0.6 is 11.6 Å². The Bertz CT molecular complexity index is 837. The number of amides is 1. The van der Waals surface area contributed by atoms with Crippen LogP contribution in [0.25, 0.3) is 0 Å².